The van der Waals surface area contributed by atoms with E-state index in [0.29, 0.717) is 16.5 Å². The lowest BCUT2D eigenvalue weighted by atomic mass is 9.92. The first-order valence-electron chi connectivity index (χ1n) is 8.17. The topological polar surface area (TPSA) is 59.7 Å². The first-order valence-corrected chi connectivity index (χ1v) is 8.17. The standard InChI is InChI=1S/C20H17F3O4/c1-19(11-24,20(21,22)23)12-26-15-8-7-14-9-16(13-5-3-2-4-6-13)18(25)27-17(14)10-15/h2-10,24H,11-12H2,1H3. The number of ether oxygens (including phenoxy) is 1. The van der Waals surface area contributed by atoms with Gasteiger partial charge >= 0.3 is 11.8 Å². The van der Waals surface area contributed by atoms with E-state index in [-0.39, 0.29) is 11.3 Å². The van der Waals surface area contributed by atoms with E-state index in [0.717, 1.165) is 6.92 Å². The van der Waals surface area contributed by atoms with Gasteiger partial charge in [0.25, 0.3) is 0 Å². The molecular formula is C20H17F3O4. The van der Waals surface area contributed by atoms with Crippen molar-refractivity contribution >= 4 is 11.0 Å². The minimum atomic E-state index is -4.62. The molecule has 27 heavy (non-hydrogen) atoms. The summed E-state index contributed by atoms with van der Waals surface area (Å²) in [7, 11) is 0. The third-order valence-electron chi connectivity index (χ3n) is 4.38. The maximum atomic E-state index is 13.0. The summed E-state index contributed by atoms with van der Waals surface area (Å²) in [6.07, 6.45) is -4.62. The van der Waals surface area contributed by atoms with Crippen molar-refractivity contribution in [3.63, 3.8) is 0 Å². The van der Waals surface area contributed by atoms with Crippen molar-refractivity contribution in [2.45, 2.75) is 13.1 Å². The maximum absolute atomic E-state index is 13.0. The monoisotopic (exact) mass is 378 g/mol. The molecule has 1 atom stereocenters. The van der Waals surface area contributed by atoms with Gasteiger partial charge in [0, 0.05) is 11.5 Å². The van der Waals surface area contributed by atoms with Crippen LogP contribution in [0.25, 0.3) is 22.1 Å². The summed E-state index contributed by atoms with van der Waals surface area (Å²) in [6, 6.07) is 15.1. The Morgan fingerprint density at radius 1 is 1.07 bits per heavy atom. The molecule has 2 aromatic carbocycles. The molecule has 1 N–H and O–H groups in total. The Morgan fingerprint density at radius 2 is 1.78 bits per heavy atom. The molecule has 0 amide bonds. The zero-order chi connectivity index (χ0) is 19.7. The molecule has 3 rings (SSSR count). The van der Waals surface area contributed by atoms with E-state index in [1.807, 2.05) is 6.07 Å². The van der Waals surface area contributed by atoms with E-state index in [2.05, 4.69) is 0 Å². The van der Waals surface area contributed by atoms with E-state index >= 15 is 0 Å². The molecule has 0 aliphatic carbocycles. The number of aliphatic hydroxyl groups is 1. The molecule has 1 heterocycles. The maximum Gasteiger partial charge on any atom is 0.399 e. The van der Waals surface area contributed by atoms with Gasteiger partial charge in [0.15, 0.2) is 0 Å². The Kier molecular flexibility index (Phi) is 4.97. The van der Waals surface area contributed by atoms with E-state index < -0.39 is 30.4 Å². The fraction of sp³-hybridized carbons (Fsp3) is 0.250. The predicted molar refractivity (Wildman–Crippen MR) is 94.7 cm³/mol. The zero-order valence-electron chi connectivity index (χ0n) is 14.4. The number of aliphatic hydroxyl groups excluding tert-OH is 1. The number of hydrogen-bond acceptors (Lipinski definition) is 4. The molecule has 0 saturated heterocycles. The minimum Gasteiger partial charge on any atom is -0.492 e. The Morgan fingerprint density at radius 3 is 2.41 bits per heavy atom. The van der Waals surface area contributed by atoms with Crippen molar-refractivity contribution in [1.29, 1.82) is 0 Å². The van der Waals surface area contributed by atoms with Crippen LogP contribution < -0.4 is 10.4 Å². The van der Waals surface area contributed by atoms with Gasteiger partial charge in [-0.05, 0) is 30.7 Å². The Balaban J connectivity index is 1.89. The van der Waals surface area contributed by atoms with Gasteiger partial charge in [-0.3, -0.25) is 0 Å². The van der Waals surface area contributed by atoms with Crippen LogP contribution in [-0.4, -0.2) is 24.5 Å². The van der Waals surface area contributed by atoms with Gasteiger partial charge in [0.05, 0.1) is 12.2 Å². The van der Waals surface area contributed by atoms with Crippen LogP contribution in [0.15, 0.2) is 63.8 Å². The van der Waals surface area contributed by atoms with Gasteiger partial charge in [-0.25, -0.2) is 4.79 Å². The molecule has 4 nitrogen and oxygen atoms in total. The molecular weight excluding hydrogens is 361 g/mol. The van der Waals surface area contributed by atoms with Crippen LogP contribution in [-0.2, 0) is 0 Å². The lowest BCUT2D eigenvalue weighted by Gasteiger charge is -2.29. The number of benzene rings is 2. The average Bonchev–Trinajstić information content (AvgIpc) is 2.65. The molecule has 1 unspecified atom stereocenters. The van der Waals surface area contributed by atoms with Crippen LogP contribution in [0.5, 0.6) is 5.75 Å². The second-order valence-electron chi connectivity index (χ2n) is 6.52. The summed E-state index contributed by atoms with van der Waals surface area (Å²) in [5.74, 6) is 0.113. The summed E-state index contributed by atoms with van der Waals surface area (Å²) in [6.45, 7) is -0.981. The summed E-state index contributed by atoms with van der Waals surface area (Å²) in [4.78, 5) is 12.3. The first-order chi connectivity index (χ1) is 12.7. The molecule has 0 radical (unpaired) electrons. The Hall–Kier alpha value is -2.80. The Bertz CT molecular complexity index is 996. The summed E-state index contributed by atoms with van der Waals surface area (Å²) >= 11 is 0. The molecule has 0 fully saturated rings. The molecule has 0 spiro atoms. The highest BCUT2D eigenvalue weighted by molar-refractivity contribution is 5.82. The van der Waals surface area contributed by atoms with Gasteiger partial charge in [-0.15, -0.1) is 0 Å². The van der Waals surface area contributed by atoms with Crippen LogP contribution in [0.4, 0.5) is 13.2 Å². The number of halogens is 3. The van der Waals surface area contributed by atoms with Gasteiger partial charge in [0.2, 0.25) is 0 Å². The van der Waals surface area contributed by atoms with Crippen molar-refractivity contribution < 1.29 is 27.4 Å². The second-order valence-corrected chi connectivity index (χ2v) is 6.52. The fourth-order valence-electron chi connectivity index (χ4n) is 2.46. The van der Waals surface area contributed by atoms with Gasteiger partial charge in [0.1, 0.15) is 23.4 Å². The van der Waals surface area contributed by atoms with Crippen molar-refractivity contribution in [3.8, 4) is 16.9 Å². The zero-order valence-corrected chi connectivity index (χ0v) is 14.4. The largest absolute Gasteiger partial charge is 0.492 e. The number of rotatable bonds is 5. The molecule has 0 bridgehead atoms. The van der Waals surface area contributed by atoms with E-state index in [1.54, 1.807) is 36.4 Å². The quantitative estimate of drug-likeness (QED) is 0.669. The smallest absolute Gasteiger partial charge is 0.399 e. The Labute approximate surface area is 152 Å². The summed E-state index contributed by atoms with van der Waals surface area (Å²) < 4.78 is 49.6. The summed E-state index contributed by atoms with van der Waals surface area (Å²) in [5, 5.41) is 9.70. The lowest BCUT2D eigenvalue weighted by molar-refractivity contribution is -0.237. The van der Waals surface area contributed by atoms with Gasteiger partial charge in [-0.2, -0.15) is 13.2 Å². The van der Waals surface area contributed by atoms with Crippen molar-refractivity contribution in [3.05, 3.63) is 65.0 Å². The molecule has 1 aromatic heterocycles. The second kappa shape index (κ2) is 7.08. The van der Waals surface area contributed by atoms with Crippen molar-refractivity contribution in [2.24, 2.45) is 5.41 Å². The fourth-order valence-corrected chi connectivity index (χ4v) is 2.46. The number of hydrogen-bond donors (Lipinski definition) is 1. The average molecular weight is 378 g/mol. The molecule has 142 valence electrons. The van der Waals surface area contributed by atoms with Gasteiger partial charge < -0.3 is 14.3 Å². The van der Waals surface area contributed by atoms with E-state index in [4.69, 9.17) is 14.3 Å². The van der Waals surface area contributed by atoms with E-state index in [9.17, 15) is 18.0 Å². The molecule has 0 aliphatic heterocycles. The lowest BCUT2D eigenvalue weighted by Crippen LogP contribution is -2.43. The van der Waals surface area contributed by atoms with Crippen LogP contribution >= 0.6 is 0 Å². The van der Waals surface area contributed by atoms with Crippen LogP contribution in [0.2, 0.25) is 0 Å². The summed E-state index contributed by atoms with van der Waals surface area (Å²) in [5.41, 5.74) is -1.64. The highest BCUT2D eigenvalue weighted by Gasteiger charge is 2.51. The molecule has 0 saturated carbocycles. The minimum absolute atomic E-state index is 0.113. The number of fused-ring (bicyclic) bond motifs is 1. The van der Waals surface area contributed by atoms with Crippen LogP contribution in [0, 0.1) is 5.41 Å². The predicted octanol–water partition coefficient (Wildman–Crippen LogP) is 4.40. The molecule has 7 heteroatoms. The third kappa shape index (κ3) is 3.83. The third-order valence-corrected chi connectivity index (χ3v) is 4.38. The van der Waals surface area contributed by atoms with Crippen LogP contribution in [0.1, 0.15) is 6.92 Å². The van der Waals surface area contributed by atoms with E-state index in [1.165, 1.54) is 12.1 Å². The highest BCUT2D eigenvalue weighted by atomic mass is 19.4. The van der Waals surface area contributed by atoms with Crippen molar-refractivity contribution in [2.75, 3.05) is 13.2 Å². The molecule has 3 aromatic rings. The normalized spacial score (nSPS) is 14.1. The van der Waals surface area contributed by atoms with Crippen LogP contribution in [0.3, 0.4) is 0 Å². The van der Waals surface area contributed by atoms with Crippen molar-refractivity contribution in [1.82, 2.24) is 0 Å². The highest BCUT2D eigenvalue weighted by Crippen LogP contribution is 2.38. The van der Waals surface area contributed by atoms with Gasteiger partial charge in [-0.1, -0.05) is 30.3 Å². The first kappa shape index (κ1) is 19.0. The SMILES string of the molecule is CC(CO)(COc1ccc2cc(-c3ccccc3)c(=O)oc2c1)C(F)(F)F. The number of alkyl halides is 3. The molecule has 0 aliphatic rings.